The second-order valence-corrected chi connectivity index (χ2v) is 6.74. The van der Waals surface area contributed by atoms with Crippen LogP contribution in [-0.2, 0) is 6.42 Å². The van der Waals surface area contributed by atoms with E-state index in [0.29, 0.717) is 18.3 Å². The van der Waals surface area contributed by atoms with Crippen LogP contribution in [0.5, 0.6) is 5.75 Å². The topological polar surface area (TPSA) is 81.1 Å². The normalized spacial score (nSPS) is 20.6. The number of carbonyl (C=O) groups excluding carboxylic acids is 1. The van der Waals surface area contributed by atoms with Crippen molar-refractivity contribution in [1.29, 1.82) is 0 Å². The summed E-state index contributed by atoms with van der Waals surface area (Å²) in [5.41, 5.74) is 2.37. The Kier molecular flexibility index (Phi) is 4.40. The van der Waals surface area contributed by atoms with Gasteiger partial charge >= 0.3 is 0 Å². The van der Waals surface area contributed by atoms with Crippen LogP contribution in [0.25, 0.3) is 0 Å². The Bertz CT molecular complexity index is 767. The van der Waals surface area contributed by atoms with Crippen LogP contribution < -0.4 is 15.4 Å². The smallest absolute Gasteiger partial charge is 0.274 e. The number of amides is 1. The van der Waals surface area contributed by atoms with Gasteiger partial charge in [0.2, 0.25) is 0 Å². The Morgan fingerprint density at radius 2 is 2.12 bits per heavy atom. The molecule has 2 N–H and O–H groups in total. The molecule has 2 aliphatic rings. The van der Waals surface area contributed by atoms with Crippen molar-refractivity contribution in [2.45, 2.75) is 38.3 Å². The first-order valence-corrected chi connectivity index (χ1v) is 8.86. The monoisotopic (exact) mass is 341 g/mol. The first kappa shape index (κ1) is 16.1. The number of nitrogens with one attached hydrogen (secondary N) is 2. The number of ether oxygens (including phenoxy) is 1. The highest BCUT2D eigenvalue weighted by Gasteiger charge is 2.26. The number of aromatic nitrogens is 3. The van der Waals surface area contributed by atoms with Crippen LogP contribution in [0, 0.1) is 6.92 Å². The van der Waals surface area contributed by atoms with Crippen molar-refractivity contribution in [3.05, 3.63) is 41.2 Å². The molecule has 132 valence electrons. The number of carbonyl (C=O) groups is 1. The van der Waals surface area contributed by atoms with Crippen molar-refractivity contribution in [3.63, 3.8) is 0 Å². The maximum Gasteiger partial charge on any atom is 0.274 e. The van der Waals surface area contributed by atoms with Crippen LogP contribution in [0.2, 0.25) is 0 Å². The summed E-state index contributed by atoms with van der Waals surface area (Å²) in [5, 5.41) is 14.8. The third-order valence-corrected chi connectivity index (χ3v) is 5.01. The van der Waals surface area contributed by atoms with E-state index in [1.165, 1.54) is 0 Å². The van der Waals surface area contributed by atoms with E-state index in [2.05, 4.69) is 20.9 Å². The number of nitrogens with zero attached hydrogens (tertiary/aromatic N) is 3. The van der Waals surface area contributed by atoms with E-state index in [-0.39, 0.29) is 11.9 Å². The summed E-state index contributed by atoms with van der Waals surface area (Å²) >= 11 is 0. The third kappa shape index (κ3) is 3.24. The van der Waals surface area contributed by atoms with Gasteiger partial charge in [0, 0.05) is 0 Å². The van der Waals surface area contributed by atoms with E-state index in [9.17, 15) is 4.79 Å². The summed E-state index contributed by atoms with van der Waals surface area (Å²) in [6.45, 7) is 4.35. The van der Waals surface area contributed by atoms with Crippen molar-refractivity contribution < 1.29 is 9.53 Å². The molecule has 25 heavy (non-hydrogen) atoms. The van der Waals surface area contributed by atoms with Crippen molar-refractivity contribution in [1.82, 2.24) is 25.6 Å². The first-order chi connectivity index (χ1) is 12.2. The predicted octanol–water partition coefficient (Wildman–Crippen LogP) is 1.24. The van der Waals surface area contributed by atoms with Crippen molar-refractivity contribution in [2.24, 2.45) is 0 Å². The van der Waals surface area contributed by atoms with E-state index in [0.717, 1.165) is 49.4 Å². The highest BCUT2D eigenvalue weighted by atomic mass is 16.5. The van der Waals surface area contributed by atoms with E-state index in [4.69, 9.17) is 4.74 Å². The maximum absolute atomic E-state index is 12.6. The Morgan fingerprint density at radius 3 is 2.96 bits per heavy atom. The van der Waals surface area contributed by atoms with E-state index < -0.39 is 0 Å². The average molecular weight is 341 g/mol. The average Bonchev–Trinajstić information content (AvgIpc) is 3.04. The molecule has 1 aromatic heterocycles. The molecular formula is C18H23N5O2. The number of para-hydroxylation sites is 1. The molecule has 4 rings (SSSR count). The third-order valence-electron chi connectivity index (χ3n) is 5.01. The number of hydrogen-bond acceptors (Lipinski definition) is 5. The molecule has 0 unspecified atom stereocenters. The fourth-order valence-corrected chi connectivity index (χ4v) is 3.62. The molecular weight excluding hydrogens is 318 g/mol. The summed E-state index contributed by atoms with van der Waals surface area (Å²) in [6, 6.07) is 8.21. The van der Waals surface area contributed by atoms with Crippen LogP contribution >= 0.6 is 0 Å². The second kappa shape index (κ2) is 6.84. The van der Waals surface area contributed by atoms with E-state index in [1.54, 1.807) is 0 Å². The molecule has 7 nitrogen and oxygen atoms in total. The summed E-state index contributed by atoms with van der Waals surface area (Å²) in [4.78, 5) is 12.6. The lowest BCUT2D eigenvalue weighted by Crippen LogP contribution is -2.43. The van der Waals surface area contributed by atoms with Gasteiger partial charge in [0.1, 0.15) is 12.4 Å². The zero-order valence-electron chi connectivity index (χ0n) is 14.4. The minimum absolute atomic E-state index is 0.0502. The number of piperidine rings is 1. The van der Waals surface area contributed by atoms with Gasteiger partial charge in [0.15, 0.2) is 5.69 Å². The van der Waals surface area contributed by atoms with Crippen molar-refractivity contribution in [2.75, 3.05) is 19.7 Å². The van der Waals surface area contributed by atoms with Crippen molar-refractivity contribution >= 4 is 5.91 Å². The number of fused-ring (bicyclic) bond motifs is 1. The fraction of sp³-hybridized carbons (Fsp3) is 0.500. The molecule has 1 aromatic carbocycles. The summed E-state index contributed by atoms with van der Waals surface area (Å²) in [6.07, 6.45) is 2.79. The van der Waals surface area contributed by atoms with Gasteiger partial charge in [-0.25, -0.2) is 4.68 Å². The van der Waals surface area contributed by atoms with Gasteiger partial charge in [0.25, 0.3) is 5.91 Å². The molecule has 7 heteroatoms. The van der Waals surface area contributed by atoms with Gasteiger partial charge in [-0.3, -0.25) is 4.79 Å². The summed E-state index contributed by atoms with van der Waals surface area (Å²) in [7, 11) is 0. The van der Waals surface area contributed by atoms with Crippen molar-refractivity contribution in [3.8, 4) is 5.75 Å². The molecule has 1 atom stereocenters. The molecule has 1 amide bonds. The zero-order chi connectivity index (χ0) is 17.2. The Morgan fingerprint density at radius 1 is 1.32 bits per heavy atom. The van der Waals surface area contributed by atoms with Gasteiger partial charge in [0.05, 0.1) is 17.8 Å². The lowest BCUT2D eigenvalue weighted by atomic mass is 10.0. The molecule has 1 saturated heterocycles. The Balaban J connectivity index is 1.44. The summed E-state index contributed by atoms with van der Waals surface area (Å²) in [5.74, 6) is 0.728. The SMILES string of the molecule is Cc1c(C(=O)N[C@@H]2COc3ccccc3C2)nnn1C1CCNCC1. The Hall–Kier alpha value is -2.41. The molecule has 1 fully saturated rings. The van der Waals surface area contributed by atoms with Gasteiger partial charge in [-0.2, -0.15) is 0 Å². The predicted molar refractivity (Wildman–Crippen MR) is 92.8 cm³/mol. The quantitative estimate of drug-likeness (QED) is 0.878. The van der Waals surface area contributed by atoms with Crippen LogP contribution in [0.4, 0.5) is 0 Å². The van der Waals surface area contributed by atoms with Gasteiger partial charge in [-0.15, -0.1) is 5.10 Å². The zero-order valence-corrected chi connectivity index (χ0v) is 14.4. The molecule has 0 saturated carbocycles. The highest BCUT2D eigenvalue weighted by molar-refractivity contribution is 5.93. The number of hydrogen-bond donors (Lipinski definition) is 2. The fourth-order valence-electron chi connectivity index (χ4n) is 3.62. The Labute approximate surface area is 146 Å². The highest BCUT2D eigenvalue weighted by Crippen LogP contribution is 2.24. The molecule has 2 aromatic rings. The summed E-state index contributed by atoms with van der Waals surface area (Å²) < 4.78 is 7.65. The first-order valence-electron chi connectivity index (χ1n) is 8.86. The maximum atomic E-state index is 12.6. The standard InChI is InChI=1S/C18H23N5O2/c1-12-17(21-22-23(12)15-6-8-19-9-7-15)18(24)20-14-10-13-4-2-3-5-16(13)25-11-14/h2-5,14-15,19H,6-11H2,1H3,(H,20,24)/t14-/m0/s1. The van der Waals surface area contributed by atoms with E-state index >= 15 is 0 Å². The lowest BCUT2D eigenvalue weighted by Gasteiger charge is -2.26. The molecule has 0 radical (unpaired) electrons. The van der Waals surface area contributed by atoms with E-state index in [1.807, 2.05) is 35.9 Å². The molecule has 0 spiro atoms. The minimum Gasteiger partial charge on any atom is -0.491 e. The van der Waals surface area contributed by atoms with Crippen LogP contribution in [-0.4, -0.2) is 46.6 Å². The number of benzene rings is 1. The molecule has 2 aliphatic heterocycles. The minimum atomic E-state index is -0.175. The van der Waals surface area contributed by atoms with Gasteiger partial charge in [-0.05, 0) is 50.9 Å². The van der Waals surface area contributed by atoms with Gasteiger partial charge < -0.3 is 15.4 Å². The van der Waals surface area contributed by atoms with Crippen LogP contribution in [0.3, 0.4) is 0 Å². The molecule has 0 aliphatic carbocycles. The van der Waals surface area contributed by atoms with Crippen LogP contribution in [0.1, 0.15) is 40.6 Å². The largest absolute Gasteiger partial charge is 0.491 e. The molecule has 0 bridgehead atoms. The molecule has 3 heterocycles. The lowest BCUT2D eigenvalue weighted by molar-refractivity contribution is 0.0909. The van der Waals surface area contributed by atoms with Crippen LogP contribution in [0.15, 0.2) is 24.3 Å². The second-order valence-electron chi connectivity index (χ2n) is 6.74. The number of rotatable bonds is 3. The van der Waals surface area contributed by atoms with Gasteiger partial charge in [-0.1, -0.05) is 23.4 Å².